The highest BCUT2D eigenvalue weighted by molar-refractivity contribution is 5.23. The van der Waals surface area contributed by atoms with E-state index in [-0.39, 0.29) is 0 Å². The van der Waals surface area contributed by atoms with Crippen LogP contribution in [0.15, 0.2) is 30.6 Å². The number of nitrogens with one attached hydrogen (secondary N) is 1. The van der Waals surface area contributed by atoms with Crippen molar-refractivity contribution in [1.82, 2.24) is 20.1 Å². The molecule has 0 aliphatic carbocycles. The first-order valence-corrected chi connectivity index (χ1v) is 7.68. The number of nitrogens with zero attached hydrogens (tertiary/aromatic N) is 3. The van der Waals surface area contributed by atoms with E-state index in [2.05, 4.69) is 60.4 Å². The maximum absolute atomic E-state index is 4.43. The molecule has 2 rings (SSSR count). The van der Waals surface area contributed by atoms with Crippen LogP contribution in [0.5, 0.6) is 0 Å². The zero-order valence-electron chi connectivity index (χ0n) is 13.5. The summed E-state index contributed by atoms with van der Waals surface area (Å²) in [7, 11) is 2.02. The lowest BCUT2D eigenvalue weighted by atomic mass is 10.0. The van der Waals surface area contributed by atoms with Gasteiger partial charge in [0.25, 0.3) is 0 Å². The highest BCUT2D eigenvalue weighted by atomic mass is 15.3. The molecule has 0 saturated carbocycles. The monoisotopic (exact) mass is 286 g/mol. The lowest BCUT2D eigenvalue weighted by Gasteiger charge is -2.17. The van der Waals surface area contributed by atoms with Gasteiger partial charge in [0.2, 0.25) is 0 Å². The topological polar surface area (TPSA) is 42.7 Å². The van der Waals surface area contributed by atoms with Gasteiger partial charge in [-0.1, -0.05) is 43.7 Å². The van der Waals surface area contributed by atoms with Crippen LogP contribution in [0.4, 0.5) is 0 Å². The van der Waals surface area contributed by atoms with Crippen molar-refractivity contribution in [2.24, 2.45) is 5.92 Å². The molecule has 0 bridgehead atoms. The summed E-state index contributed by atoms with van der Waals surface area (Å²) >= 11 is 0. The Hall–Kier alpha value is -1.68. The van der Waals surface area contributed by atoms with E-state index >= 15 is 0 Å². The normalized spacial score (nSPS) is 12.8. The molecule has 0 radical (unpaired) electrons. The van der Waals surface area contributed by atoms with E-state index < -0.39 is 0 Å². The number of aromatic nitrogens is 3. The fourth-order valence-electron chi connectivity index (χ4n) is 2.56. The zero-order chi connectivity index (χ0) is 15.2. The number of hydrogen-bond donors (Lipinski definition) is 1. The third-order valence-corrected chi connectivity index (χ3v) is 3.64. The Morgan fingerprint density at radius 1 is 1.24 bits per heavy atom. The van der Waals surface area contributed by atoms with Crippen molar-refractivity contribution in [3.05, 3.63) is 47.5 Å². The van der Waals surface area contributed by atoms with Crippen LogP contribution in [0.3, 0.4) is 0 Å². The summed E-state index contributed by atoms with van der Waals surface area (Å²) in [4.78, 5) is 4.43. The standard InChI is InChI=1S/C17H26N4/c1-13(2)11-21-17(19-12-20-21)10-16(18-4)9-15-7-5-6-14(3)8-15/h5-8,12-13,16,18H,9-11H2,1-4H3. The number of benzene rings is 1. The third kappa shape index (κ3) is 4.67. The van der Waals surface area contributed by atoms with Crippen LogP contribution in [0, 0.1) is 12.8 Å². The molecule has 0 aliphatic heterocycles. The first-order valence-electron chi connectivity index (χ1n) is 7.68. The molecular formula is C17H26N4. The van der Waals surface area contributed by atoms with Crippen molar-refractivity contribution in [3.63, 3.8) is 0 Å². The van der Waals surface area contributed by atoms with Gasteiger partial charge in [0, 0.05) is 19.0 Å². The minimum absolute atomic E-state index is 0.377. The average molecular weight is 286 g/mol. The number of hydrogen-bond acceptors (Lipinski definition) is 3. The quantitative estimate of drug-likeness (QED) is 0.851. The molecule has 1 atom stereocenters. The molecule has 1 N–H and O–H groups in total. The fourth-order valence-corrected chi connectivity index (χ4v) is 2.56. The van der Waals surface area contributed by atoms with Crippen LogP contribution in [-0.4, -0.2) is 27.9 Å². The molecule has 114 valence electrons. The summed E-state index contributed by atoms with van der Waals surface area (Å²) in [5.41, 5.74) is 2.68. The summed E-state index contributed by atoms with van der Waals surface area (Å²) in [5, 5.41) is 7.75. The SMILES string of the molecule is CNC(Cc1cccc(C)c1)Cc1ncnn1CC(C)C. The highest BCUT2D eigenvalue weighted by Crippen LogP contribution is 2.10. The van der Waals surface area contributed by atoms with E-state index in [1.807, 2.05) is 11.7 Å². The lowest BCUT2D eigenvalue weighted by Crippen LogP contribution is -2.31. The van der Waals surface area contributed by atoms with Gasteiger partial charge < -0.3 is 5.32 Å². The maximum atomic E-state index is 4.43. The van der Waals surface area contributed by atoms with Gasteiger partial charge in [0.05, 0.1) is 0 Å². The largest absolute Gasteiger partial charge is 0.316 e. The first kappa shape index (κ1) is 15.7. The molecule has 4 heteroatoms. The van der Waals surface area contributed by atoms with Crippen LogP contribution >= 0.6 is 0 Å². The van der Waals surface area contributed by atoms with Crippen molar-refractivity contribution in [2.75, 3.05) is 7.05 Å². The Kier molecular flexibility index (Phi) is 5.51. The van der Waals surface area contributed by atoms with Gasteiger partial charge in [0.15, 0.2) is 0 Å². The lowest BCUT2D eigenvalue weighted by molar-refractivity contribution is 0.447. The van der Waals surface area contributed by atoms with Crippen molar-refractivity contribution < 1.29 is 0 Å². The van der Waals surface area contributed by atoms with Gasteiger partial charge in [0.1, 0.15) is 12.2 Å². The summed E-state index contributed by atoms with van der Waals surface area (Å²) in [6.45, 7) is 7.47. The Bertz CT molecular complexity index is 559. The molecule has 1 unspecified atom stereocenters. The van der Waals surface area contributed by atoms with Crippen LogP contribution in [0.25, 0.3) is 0 Å². The van der Waals surface area contributed by atoms with Gasteiger partial charge in [-0.05, 0) is 31.9 Å². The van der Waals surface area contributed by atoms with Crippen molar-refractivity contribution in [3.8, 4) is 0 Å². The second-order valence-corrected chi connectivity index (χ2v) is 6.14. The van der Waals surface area contributed by atoms with Crippen LogP contribution in [0.1, 0.15) is 30.8 Å². The Balaban J connectivity index is 2.04. The molecule has 1 aromatic carbocycles. The predicted octanol–water partition coefficient (Wildman–Crippen LogP) is 2.62. The molecular weight excluding hydrogens is 260 g/mol. The smallest absolute Gasteiger partial charge is 0.138 e. The summed E-state index contributed by atoms with van der Waals surface area (Å²) in [5.74, 6) is 1.64. The third-order valence-electron chi connectivity index (χ3n) is 3.64. The van der Waals surface area contributed by atoms with E-state index in [0.29, 0.717) is 12.0 Å². The molecule has 21 heavy (non-hydrogen) atoms. The summed E-state index contributed by atoms with van der Waals surface area (Å²) in [6, 6.07) is 9.08. The average Bonchev–Trinajstić information content (AvgIpc) is 2.84. The molecule has 0 aliphatic rings. The van der Waals surface area contributed by atoms with E-state index in [1.165, 1.54) is 11.1 Å². The number of likely N-dealkylation sites (N-methyl/N-ethyl adjacent to an activating group) is 1. The number of rotatable bonds is 7. The number of aryl methyl sites for hydroxylation is 1. The van der Waals surface area contributed by atoms with Crippen LogP contribution in [-0.2, 0) is 19.4 Å². The Morgan fingerprint density at radius 2 is 2.05 bits per heavy atom. The van der Waals surface area contributed by atoms with Gasteiger partial charge in [-0.3, -0.25) is 0 Å². The maximum Gasteiger partial charge on any atom is 0.138 e. The molecule has 0 saturated heterocycles. The second kappa shape index (κ2) is 7.36. The Morgan fingerprint density at radius 3 is 2.71 bits per heavy atom. The van der Waals surface area contributed by atoms with Gasteiger partial charge in [-0.25, -0.2) is 9.67 Å². The molecule has 0 amide bonds. The summed E-state index contributed by atoms with van der Waals surface area (Å²) in [6.07, 6.45) is 3.57. The molecule has 1 heterocycles. The van der Waals surface area contributed by atoms with Crippen LogP contribution < -0.4 is 5.32 Å². The Labute approximate surface area is 127 Å². The predicted molar refractivity (Wildman–Crippen MR) is 86.3 cm³/mol. The second-order valence-electron chi connectivity index (χ2n) is 6.14. The minimum Gasteiger partial charge on any atom is -0.316 e. The molecule has 4 nitrogen and oxygen atoms in total. The molecule has 2 aromatic rings. The highest BCUT2D eigenvalue weighted by Gasteiger charge is 2.13. The zero-order valence-corrected chi connectivity index (χ0v) is 13.5. The fraction of sp³-hybridized carbons (Fsp3) is 0.529. The van der Waals surface area contributed by atoms with Gasteiger partial charge in [-0.15, -0.1) is 0 Å². The van der Waals surface area contributed by atoms with E-state index in [0.717, 1.165) is 25.2 Å². The minimum atomic E-state index is 0.377. The molecule has 0 spiro atoms. The molecule has 0 fully saturated rings. The van der Waals surface area contributed by atoms with Gasteiger partial charge >= 0.3 is 0 Å². The van der Waals surface area contributed by atoms with Gasteiger partial charge in [-0.2, -0.15) is 5.10 Å². The van der Waals surface area contributed by atoms with Crippen LogP contribution in [0.2, 0.25) is 0 Å². The van der Waals surface area contributed by atoms with Crippen molar-refractivity contribution >= 4 is 0 Å². The summed E-state index contributed by atoms with van der Waals surface area (Å²) < 4.78 is 2.03. The van der Waals surface area contributed by atoms with E-state index in [9.17, 15) is 0 Å². The van der Waals surface area contributed by atoms with E-state index in [1.54, 1.807) is 6.33 Å². The van der Waals surface area contributed by atoms with Crippen molar-refractivity contribution in [1.29, 1.82) is 0 Å². The first-order chi connectivity index (χ1) is 10.1. The molecule has 1 aromatic heterocycles. The van der Waals surface area contributed by atoms with E-state index in [4.69, 9.17) is 0 Å². The van der Waals surface area contributed by atoms with Crippen molar-refractivity contribution in [2.45, 2.75) is 46.2 Å².